The molecule has 0 saturated heterocycles. The van der Waals surface area contributed by atoms with Crippen LogP contribution in [0.15, 0.2) is 47.8 Å². The fraction of sp³-hybridized carbons (Fsp3) is 0.524. The number of benzene rings is 1. The molecule has 0 atom stereocenters. The molecule has 5 nitrogen and oxygen atoms in total. The molecule has 0 aliphatic heterocycles. The van der Waals surface area contributed by atoms with Crippen molar-refractivity contribution in [2.45, 2.75) is 32.6 Å². The number of hydrogen-bond donors (Lipinski definition) is 3. The average molecular weight is 359 g/mol. The van der Waals surface area contributed by atoms with Gasteiger partial charge in [0.25, 0.3) is 0 Å². The summed E-state index contributed by atoms with van der Waals surface area (Å²) in [5, 5.41) is 6.90. The molecule has 0 bridgehead atoms. The van der Waals surface area contributed by atoms with E-state index in [-0.39, 0.29) is 0 Å². The highest BCUT2D eigenvalue weighted by atomic mass is 16.5. The largest absolute Gasteiger partial charge is 0.497 e. The van der Waals surface area contributed by atoms with Crippen LogP contribution in [0.25, 0.3) is 0 Å². The summed E-state index contributed by atoms with van der Waals surface area (Å²) >= 11 is 0. The summed E-state index contributed by atoms with van der Waals surface area (Å²) in [6.45, 7) is 11.0. The number of likely N-dealkylation sites (N-methyl/N-ethyl adjacent to an activating group) is 1. The fourth-order valence-corrected chi connectivity index (χ4v) is 3.28. The van der Waals surface area contributed by atoms with Gasteiger partial charge in [0.1, 0.15) is 5.75 Å². The van der Waals surface area contributed by atoms with Gasteiger partial charge < -0.3 is 26.0 Å². The first-order valence-corrected chi connectivity index (χ1v) is 9.66. The molecule has 5 heteroatoms. The molecule has 1 aliphatic rings. The number of nitrogens with one attached hydrogen (secondary N) is 2. The maximum atomic E-state index is 6.10. The number of hydrogen-bond acceptors (Lipinski definition) is 5. The molecule has 0 aromatic heterocycles. The first-order chi connectivity index (χ1) is 12.7. The number of nitrogens with zero attached hydrogens (tertiary/aromatic N) is 1. The third kappa shape index (κ3) is 5.99. The zero-order valence-corrected chi connectivity index (χ0v) is 16.3. The Morgan fingerprint density at radius 3 is 2.54 bits per heavy atom. The summed E-state index contributed by atoms with van der Waals surface area (Å²) in [6.07, 6.45) is 4.48. The van der Waals surface area contributed by atoms with E-state index in [0.717, 1.165) is 62.7 Å². The van der Waals surface area contributed by atoms with E-state index < -0.39 is 0 Å². The molecule has 2 rings (SSSR count). The van der Waals surface area contributed by atoms with Gasteiger partial charge in [-0.05, 0) is 62.4 Å². The second-order valence-electron chi connectivity index (χ2n) is 6.64. The minimum Gasteiger partial charge on any atom is -0.497 e. The minimum absolute atomic E-state index is 0.865. The lowest BCUT2D eigenvalue weighted by Gasteiger charge is -2.24. The number of rotatable bonds is 11. The number of nitrogens with two attached hydrogens (primary N) is 1. The molecule has 0 heterocycles. The molecular formula is C21H34N4O. The molecule has 0 fully saturated rings. The van der Waals surface area contributed by atoms with E-state index in [0.29, 0.717) is 0 Å². The average Bonchev–Trinajstić information content (AvgIpc) is 2.68. The third-order valence-electron chi connectivity index (χ3n) is 4.89. The lowest BCUT2D eigenvalue weighted by molar-refractivity contribution is 0.415. The summed E-state index contributed by atoms with van der Waals surface area (Å²) in [5.74, 6) is 0.892. The second kappa shape index (κ2) is 10.8. The van der Waals surface area contributed by atoms with Crippen molar-refractivity contribution in [3.63, 3.8) is 0 Å². The normalized spacial score (nSPS) is 14.2. The standard InChI is InChI=1S/C21H34N4O/c1-4-25(18-9-11-19(26-3)12-10-18)16-15-23-13-14-24-17(2)20-7-5-6-8-21(20)22/h9-12,23-24H,2,4-8,13-16,22H2,1,3H3. The molecule has 0 amide bonds. The van der Waals surface area contributed by atoms with Crippen LogP contribution < -0.4 is 26.0 Å². The number of methoxy groups -OCH3 is 1. The van der Waals surface area contributed by atoms with Gasteiger partial charge in [0.05, 0.1) is 7.11 Å². The van der Waals surface area contributed by atoms with Crippen LogP contribution >= 0.6 is 0 Å². The predicted octanol–water partition coefficient (Wildman–Crippen LogP) is 3.00. The summed E-state index contributed by atoms with van der Waals surface area (Å²) in [4.78, 5) is 2.35. The zero-order valence-electron chi connectivity index (χ0n) is 16.3. The van der Waals surface area contributed by atoms with E-state index in [9.17, 15) is 0 Å². The van der Waals surface area contributed by atoms with Crippen molar-refractivity contribution in [3.05, 3.63) is 47.8 Å². The molecular weight excluding hydrogens is 324 g/mol. The van der Waals surface area contributed by atoms with Crippen molar-refractivity contribution in [2.75, 3.05) is 44.7 Å². The van der Waals surface area contributed by atoms with Crippen molar-refractivity contribution in [1.82, 2.24) is 10.6 Å². The Morgan fingerprint density at radius 1 is 1.15 bits per heavy atom. The van der Waals surface area contributed by atoms with Crippen molar-refractivity contribution in [1.29, 1.82) is 0 Å². The first kappa shape index (κ1) is 20.2. The molecule has 26 heavy (non-hydrogen) atoms. The Labute approximate surface area is 158 Å². The first-order valence-electron chi connectivity index (χ1n) is 9.66. The smallest absolute Gasteiger partial charge is 0.119 e. The monoisotopic (exact) mass is 358 g/mol. The number of ether oxygens (including phenoxy) is 1. The molecule has 1 aromatic rings. The Hall–Kier alpha value is -2.14. The maximum absolute atomic E-state index is 6.10. The quantitative estimate of drug-likeness (QED) is 0.531. The highest BCUT2D eigenvalue weighted by Crippen LogP contribution is 2.24. The van der Waals surface area contributed by atoms with E-state index in [2.05, 4.69) is 41.2 Å². The minimum atomic E-state index is 0.865. The number of anilines is 1. The van der Waals surface area contributed by atoms with Crippen molar-refractivity contribution < 1.29 is 4.74 Å². The van der Waals surface area contributed by atoms with Gasteiger partial charge >= 0.3 is 0 Å². The molecule has 0 radical (unpaired) electrons. The Balaban J connectivity index is 1.65. The van der Waals surface area contributed by atoms with Gasteiger partial charge in [-0.1, -0.05) is 6.58 Å². The van der Waals surface area contributed by atoms with Crippen molar-refractivity contribution >= 4 is 5.69 Å². The van der Waals surface area contributed by atoms with Gasteiger partial charge in [-0.15, -0.1) is 0 Å². The van der Waals surface area contributed by atoms with Crippen LogP contribution in [0.3, 0.4) is 0 Å². The van der Waals surface area contributed by atoms with E-state index in [1.54, 1.807) is 7.11 Å². The van der Waals surface area contributed by atoms with E-state index in [1.165, 1.54) is 24.1 Å². The van der Waals surface area contributed by atoms with Crippen LogP contribution in [0.2, 0.25) is 0 Å². The molecule has 0 unspecified atom stereocenters. The van der Waals surface area contributed by atoms with Gasteiger partial charge in [0, 0.05) is 49.8 Å². The summed E-state index contributed by atoms with van der Waals surface area (Å²) < 4.78 is 5.22. The lowest BCUT2D eigenvalue weighted by atomic mass is 9.95. The SMILES string of the molecule is C=C(NCCNCCN(CC)c1ccc(OC)cc1)C1=C(N)CCCC1. The van der Waals surface area contributed by atoms with Gasteiger partial charge in [-0.25, -0.2) is 0 Å². The Morgan fingerprint density at radius 2 is 1.88 bits per heavy atom. The molecule has 1 aliphatic carbocycles. The highest BCUT2D eigenvalue weighted by Gasteiger charge is 2.12. The predicted molar refractivity (Wildman–Crippen MR) is 111 cm³/mol. The van der Waals surface area contributed by atoms with Crippen LogP contribution in [0, 0.1) is 0 Å². The fourth-order valence-electron chi connectivity index (χ4n) is 3.28. The van der Waals surface area contributed by atoms with Crippen molar-refractivity contribution in [2.24, 2.45) is 5.73 Å². The van der Waals surface area contributed by atoms with Crippen LogP contribution in [0.1, 0.15) is 32.6 Å². The van der Waals surface area contributed by atoms with Gasteiger partial charge in [-0.2, -0.15) is 0 Å². The van der Waals surface area contributed by atoms with E-state index in [4.69, 9.17) is 10.5 Å². The molecule has 1 aromatic carbocycles. The summed E-state index contributed by atoms with van der Waals surface area (Å²) in [6, 6.07) is 8.23. The Bertz CT molecular complexity index is 595. The van der Waals surface area contributed by atoms with Crippen molar-refractivity contribution in [3.8, 4) is 5.75 Å². The molecule has 0 saturated carbocycles. The topological polar surface area (TPSA) is 62.5 Å². The lowest BCUT2D eigenvalue weighted by Crippen LogP contribution is -2.35. The summed E-state index contributed by atoms with van der Waals surface area (Å²) in [7, 11) is 1.69. The third-order valence-corrected chi connectivity index (χ3v) is 4.89. The van der Waals surface area contributed by atoms with E-state index >= 15 is 0 Å². The van der Waals surface area contributed by atoms with Crippen LogP contribution in [0.5, 0.6) is 5.75 Å². The Kier molecular flexibility index (Phi) is 8.35. The van der Waals surface area contributed by atoms with Crippen LogP contribution in [-0.2, 0) is 0 Å². The maximum Gasteiger partial charge on any atom is 0.119 e. The van der Waals surface area contributed by atoms with Crippen LogP contribution in [-0.4, -0.2) is 39.8 Å². The zero-order chi connectivity index (χ0) is 18.8. The van der Waals surface area contributed by atoms with E-state index in [1.807, 2.05) is 12.1 Å². The van der Waals surface area contributed by atoms with Gasteiger partial charge in [0.15, 0.2) is 0 Å². The molecule has 4 N–H and O–H groups in total. The van der Waals surface area contributed by atoms with Gasteiger partial charge in [-0.3, -0.25) is 0 Å². The second-order valence-corrected chi connectivity index (χ2v) is 6.64. The van der Waals surface area contributed by atoms with Crippen LogP contribution in [0.4, 0.5) is 5.69 Å². The molecule has 0 spiro atoms. The van der Waals surface area contributed by atoms with Gasteiger partial charge in [0.2, 0.25) is 0 Å². The molecule has 144 valence electrons. The highest BCUT2D eigenvalue weighted by molar-refractivity contribution is 5.49. The summed E-state index contributed by atoms with van der Waals surface area (Å²) in [5.41, 5.74) is 10.6. The number of allylic oxidation sites excluding steroid dienone is 2.